The Morgan fingerprint density at radius 2 is 2.16 bits per heavy atom. The van der Waals surface area contributed by atoms with Gasteiger partial charge in [-0.1, -0.05) is 19.1 Å². The molecule has 1 aliphatic heterocycles. The van der Waals surface area contributed by atoms with Crippen molar-refractivity contribution in [3.8, 4) is 6.07 Å². The van der Waals surface area contributed by atoms with Gasteiger partial charge in [-0.25, -0.2) is 0 Å². The molecule has 0 aliphatic carbocycles. The fraction of sp³-hybridized carbons (Fsp3) is 0.562. The van der Waals surface area contributed by atoms with Crippen LogP contribution < -0.4 is 5.32 Å². The van der Waals surface area contributed by atoms with Crippen molar-refractivity contribution in [1.29, 1.82) is 5.26 Å². The van der Waals surface area contributed by atoms with Crippen molar-refractivity contribution in [2.45, 2.75) is 38.8 Å². The lowest BCUT2D eigenvalue weighted by Gasteiger charge is -2.25. The van der Waals surface area contributed by atoms with Crippen LogP contribution in [0, 0.1) is 11.3 Å². The first-order valence-corrected chi connectivity index (χ1v) is 7.26. The van der Waals surface area contributed by atoms with E-state index in [9.17, 15) is 0 Å². The third kappa shape index (κ3) is 4.34. The molecule has 3 nitrogen and oxygen atoms in total. The maximum Gasteiger partial charge on any atom is 0.0991 e. The van der Waals surface area contributed by atoms with Gasteiger partial charge in [0.2, 0.25) is 0 Å². The Bertz CT molecular complexity index is 413. The predicted molar refractivity (Wildman–Crippen MR) is 77.7 cm³/mol. The van der Waals surface area contributed by atoms with Gasteiger partial charge in [0.05, 0.1) is 11.6 Å². The van der Waals surface area contributed by atoms with E-state index in [4.69, 9.17) is 5.26 Å². The van der Waals surface area contributed by atoms with Crippen molar-refractivity contribution in [3.05, 3.63) is 35.4 Å². The second kappa shape index (κ2) is 7.28. The predicted octanol–water partition coefficient (Wildman–Crippen LogP) is 2.52. The van der Waals surface area contributed by atoms with Crippen LogP contribution in [0.25, 0.3) is 0 Å². The Balaban J connectivity index is 1.92. The van der Waals surface area contributed by atoms with Crippen LogP contribution in [0.5, 0.6) is 0 Å². The summed E-state index contributed by atoms with van der Waals surface area (Å²) in [5.41, 5.74) is 2.04. The minimum absolute atomic E-state index is 0.657. The molecular formula is C16H23N3. The molecular weight excluding hydrogens is 234 g/mol. The van der Waals surface area contributed by atoms with E-state index >= 15 is 0 Å². The van der Waals surface area contributed by atoms with E-state index in [1.54, 1.807) is 0 Å². The Kier molecular flexibility index (Phi) is 5.38. The number of nitriles is 1. The molecule has 0 bridgehead atoms. The van der Waals surface area contributed by atoms with Crippen LogP contribution in [0.2, 0.25) is 0 Å². The standard InChI is InChI=1S/C16H23N3/c1-2-10-19(13-16-4-3-9-18-16)12-15-7-5-14(11-17)6-8-15/h5-8,16,18H,2-4,9-10,12-13H2,1H3. The summed E-state index contributed by atoms with van der Waals surface area (Å²) in [5, 5.41) is 12.4. The zero-order valence-electron chi connectivity index (χ0n) is 11.7. The summed E-state index contributed by atoms with van der Waals surface area (Å²) in [4.78, 5) is 2.52. The topological polar surface area (TPSA) is 39.1 Å². The molecule has 3 heteroatoms. The third-order valence-corrected chi connectivity index (χ3v) is 3.67. The average Bonchev–Trinajstić information content (AvgIpc) is 2.93. The fourth-order valence-electron chi connectivity index (χ4n) is 2.72. The van der Waals surface area contributed by atoms with Crippen LogP contribution >= 0.6 is 0 Å². The summed E-state index contributed by atoms with van der Waals surface area (Å²) >= 11 is 0. The van der Waals surface area contributed by atoms with Crippen LogP contribution in [0.4, 0.5) is 0 Å². The van der Waals surface area contributed by atoms with E-state index in [-0.39, 0.29) is 0 Å². The highest BCUT2D eigenvalue weighted by atomic mass is 15.1. The summed E-state index contributed by atoms with van der Waals surface area (Å²) in [6.07, 6.45) is 3.79. The molecule has 1 aliphatic rings. The van der Waals surface area contributed by atoms with Crippen LogP contribution in [0.15, 0.2) is 24.3 Å². The lowest BCUT2D eigenvalue weighted by Crippen LogP contribution is -2.37. The van der Waals surface area contributed by atoms with Gasteiger partial charge in [-0.15, -0.1) is 0 Å². The normalized spacial score (nSPS) is 18.7. The van der Waals surface area contributed by atoms with E-state index in [1.165, 1.54) is 31.4 Å². The van der Waals surface area contributed by atoms with E-state index in [0.717, 1.165) is 25.2 Å². The molecule has 1 unspecified atom stereocenters. The van der Waals surface area contributed by atoms with Gasteiger partial charge in [0.25, 0.3) is 0 Å². The molecule has 2 rings (SSSR count). The van der Waals surface area contributed by atoms with Crippen LogP contribution in [0.3, 0.4) is 0 Å². The molecule has 1 heterocycles. The zero-order valence-corrected chi connectivity index (χ0v) is 11.7. The third-order valence-electron chi connectivity index (χ3n) is 3.67. The quantitative estimate of drug-likeness (QED) is 0.851. The second-order valence-corrected chi connectivity index (χ2v) is 5.34. The minimum atomic E-state index is 0.657. The SMILES string of the molecule is CCCN(Cc1ccc(C#N)cc1)CC1CCCN1. The lowest BCUT2D eigenvalue weighted by atomic mass is 10.1. The van der Waals surface area contributed by atoms with Crippen molar-refractivity contribution in [2.24, 2.45) is 0 Å². The Morgan fingerprint density at radius 1 is 1.37 bits per heavy atom. The number of nitrogens with zero attached hydrogens (tertiary/aromatic N) is 2. The molecule has 0 amide bonds. The smallest absolute Gasteiger partial charge is 0.0991 e. The summed E-state index contributed by atoms with van der Waals surface area (Å²) in [6, 6.07) is 10.8. The Hall–Kier alpha value is -1.37. The van der Waals surface area contributed by atoms with E-state index in [0.29, 0.717) is 6.04 Å². The average molecular weight is 257 g/mol. The summed E-state index contributed by atoms with van der Waals surface area (Å²) in [6.45, 7) is 6.65. The van der Waals surface area contributed by atoms with Gasteiger partial charge < -0.3 is 5.32 Å². The van der Waals surface area contributed by atoms with Crippen molar-refractivity contribution >= 4 is 0 Å². The molecule has 1 atom stereocenters. The second-order valence-electron chi connectivity index (χ2n) is 5.34. The number of hydrogen-bond acceptors (Lipinski definition) is 3. The van der Waals surface area contributed by atoms with E-state index < -0.39 is 0 Å². The first kappa shape index (κ1) is 14.0. The fourth-order valence-corrected chi connectivity index (χ4v) is 2.72. The highest BCUT2D eigenvalue weighted by Gasteiger charge is 2.17. The van der Waals surface area contributed by atoms with Gasteiger partial charge in [-0.3, -0.25) is 4.90 Å². The van der Waals surface area contributed by atoms with Crippen molar-refractivity contribution in [2.75, 3.05) is 19.6 Å². The van der Waals surface area contributed by atoms with Crippen LogP contribution in [0.1, 0.15) is 37.3 Å². The monoisotopic (exact) mass is 257 g/mol. The highest BCUT2D eigenvalue weighted by molar-refractivity contribution is 5.31. The van der Waals surface area contributed by atoms with Gasteiger partial charge in [-0.05, 0) is 50.0 Å². The molecule has 0 aromatic heterocycles. The first-order valence-electron chi connectivity index (χ1n) is 7.26. The molecule has 1 fully saturated rings. The molecule has 1 saturated heterocycles. The van der Waals surface area contributed by atoms with Gasteiger partial charge in [0, 0.05) is 19.1 Å². The molecule has 102 valence electrons. The van der Waals surface area contributed by atoms with Crippen LogP contribution in [-0.4, -0.2) is 30.6 Å². The van der Waals surface area contributed by atoms with Gasteiger partial charge in [0.1, 0.15) is 0 Å². The maximum absolute atomic E-state index is 8.82. The minimum Gasteiger partial charge on any atom is -0.313 e. The summed E-state index contributed by atoms with van der Waals surface area (Å²) in [7, 11) is 0. The Labute approximate surface area is 116 Å². The zero-order chi connectivity index (χ0) is 13.5. The molecule has 1 N–H and O–H groups in total. The van der Waals surface area contributed by atoms with Crippen molar-refractivity contribution in [3.63, 3.8) is 0 Å². The van der Waals surface area contributed by atoms with Gasteiger partial charge in [-0.2, -0.15) is 5.26 Å². The first-order chi connectivity index (χ1) is 9.31. The maximum atomic E-state index is 8.82. The molecule has 0 radical (unpaired) electrons. The van der Waals surface area contributed by atoms with Crippen LogP contribution in [-0.2, 0) is 6.54 Å². The number of hydrogen-bond donors (Lipinski definition) is 1. The van der Waals surface area contributed by atoms with Gasteiger partial charge >= 0.3 is 0 Å². The number of benzene rings is 1. The molecule has 0 spiro atoms. The van der Waals surface area contributed by atoms with E-state index in [1.807, 2.05) is 12.1 Å². The Morgan fingerprint density at radius 3 is 2.74 bits per heavy atom. The van der Waals surface area contributed by atoms with E-state index in [2.05, 4.69) is 35.3 Å². The molecule has 1 aromatic carbocycles. The van der Waals surface area contributed by atoms with Gasteiger partial charge in [0.15, 0.2) is 0 Å². The number of nitrogens with one attached hydrogen (secondary N) is 1. The van der Waals surface area contributed by atoms with Crippen molar-refractivity contribution in [1.82, 2.24) is 10.2 Å². The lowest BCUT2D eigenvalue weighted by molar-refractivity contribution is 0.241. The molecule has 0 saturated carbocycles. The number of rotatable bonds is 6. The summed E-state index contributed by atoms with van der Waals surface area (Å²) < 4.78 is 0. The summed E-state index contributed by atoms with van der Waals surface area (Å²) in [5.74, 6) is 0. The highest BCUT2D eigenvalue weighted by Crippen LogP contribution is 2.11. The molecule has 19 heavy (non-hydrogen) atoms. The molecule has 1 aromatic rings. The van der Waals surface area contributed by atoms with Crippen molar-refractivity contribution < 1.29 is 0 Å². The largest absolute Gasteiger partial charge is 0.313 e.